The number of carbonyl (C=O) groups is 2. The van der Waals surface area contributed by atoms with Crippen LogP contribution in [-0.2, 0) is 23.2 Å². The molecule has 0 rings (SSSR count). The summed E-state index contributed by atoms with van der Waals surface area (Å²) in [7, 11) is -3.91. The summed E-state index contributed by atoms with van der Waals surface area (Å²) in [6.45, 7) is 33.9. The van der Waals surface area contributed by atoms with Gasteiger partial charge in [0.05, 0.1) is 24.4 Å². The normalized spacial score (nSPS) is 13.8. The molecule has 0 aromatic carbocycles. The SMILES string of the molecule is C.C.C.C.C.C.CC(=O)OC(C)CC(O)CC(CC(C)O)[Si](C)(C)O[Si](C)(C)C(C)C.CCC(C)C.CCC(C)O.CCC(C)OC(C)=O. The Bertz CT molecular complexity index is 676. The van der Waals surface area contributed by atoms with Crippen molar-refractivity contribution in [2.75, 3.05) is 0 Å². The van der Waals surface area contributed by atoms with Crippen molar-refractivity contribution in [2.45, 2.75) is 241 Å². The Morgan fingerprint density at radius 1 is 0.551 bits per heavy atom. The van der Waals surface area contributed by atoms with Gasteiger partial charge in [0.25, 0.3) is 0 Å². The number of hydrogen-bond donors (Lipinski definition) is 3. The van der Waals surface area contributed by atoms with Crippen LogP contribution >= 0.6 is 0 Å². The summed E-state index contributed by atoms with van der Waals surface area (Å²) >= 11 is 0. The standard InChI is InChI=1S/C18H40O5Si2.C6H12O2.C5H12.C4H10O.6CH4/c1-13(2)24(6,7)23-25(8,9)18(10-14(3)19)12-17(21)11-15(4)22-16(5)20;1-4-5(2)8-6(3)7;1-4-5(2)3;1-3-4(2)5;;;;;;/h13-15,17-19,21H,10-12H2,1-9H3;5H,4H2,1-3H3;5H,4H2,1-3H3;4-5H,3H2,1-2H3;6*1H4. The van der Waals surface area contributed by atoms with Crippen molar-refractivity contribution in [1.29, 1.82) is 0 Å². The van der Waals surface area contributed by atoms with Crippen molar-refractivity contribution in [3.63, 3.8) is 0 Å². The van der Waals surface area contributed by atoms with E-state index < -0.39 is 28.8 Å². The molecule has 0 spiro atoms. The molecule has 0 aliphatic carbocycles. The maximum Gasteiger partial charge on any atom is 0.302 e. The zero-order chi connectivity index (χ0) is 35.1. The van der Waals surface area contributed by atoms with Crippen LogP contribution in [0, 0.1) is 5.92 Å². The first kappa shape index (κ1) is 73.6. The van der Waals surface area contributed by atoms with E-state index in [2.05, 4.69) is 60.8 Å². The highest BCUT2D eigenvalue weighted by molar-refractivity contribution is 6.86. The molecule has 0 aliphatic rings. The van der Waals surface area contributed by atoms with Gasteiger partial charge in [0.15, 0.2) is 16.6 Å². The van der Waals surface area contributed by atoms with Crippen molar-refractivity contribution < 1.29 is 38.5 Å². The molecular formula is C39H98O8Si2. The Morgan fingerprint density at radius 3 is 1.12 bits per heavy atom. The van der Waals surface area contributed by atoms with Crippen LogP contribution in [0.4, 0.5) is 0 Å². The van der Waals surface area contributed by atoms with Gasteiger partial charge in [0.2, 0.25) is 0 Å². The van der Waals surface area contributed by atoms with Gasteiger partial charge in [-0.25, -0.2) is 0 Å². The van der Waals surface area contributed by atoms with Gasteiger partial charge < -0.3 is 28.9 Å². The average Bonchev–Trinajstić information content (AvgIpc) is 2.82. The summed E-state index contributed by atoms with van der Waals surface area (Å²) in [5.74, 6) is 0.359. The topological polar surface area (TPSA) is 123 Å². The van der Waals surface area contributed by atoms with E-state index in [1.165, 1.54) is 20.3 Å². The molecule has 6 atom stereocenters. The smallest absolute Gasteiger partial charge is 0.302 e. The van der Waals surface area contributed by atoms with Gasteiger partial charge in [0.1, 0.15) is 6.10 Å². The Balaban J connectivity index is -0.0000000659. The number of hydrogen-bond acceptors (Lipinski definition) is 8. The molecule has 0 aromatic rings. The van der Waals surface area contributed by atoms with Gasteiger partial charge >= 0.3 is 11.9 Å². The number of carbonyl (C=O) groups excluding carboxylic acids is 2. The molecule has 310 valence electrons. The first-order valence-electron chi connectivity index (χ1n) is 16.5. The van der Waals surface area contributed by atoms with Crippen molar-refractivity contribution in [3.8, 4) is 0 Å². The fourth-order valence-electron chi connectivity index (χ4n) is 3.46. The second-order valence-electron chi connectivity index (χ2n) is 13.7. The van der Waals surface area contributed by atoms with E-state index in [9.17, 15) is 19.8 Å². The van der Waals surface area contributed by atoms with Crippen LogP contribution in [0.5, 0.6) is 0 Å². The first-order chi connectivity index (χ1) is 19.4. The molecule has 3 N–H and O–H groups in total. The number of rotatable bonds is 15. The van der Waals surface area contributed by atoms with Crippen LogP contribution in [0.2, 0.25) is 37.3 Å². The van der Waals surface area contributed by atoms with E-state index in [0.29, 0.717) is 24.8 Å². The Labute approximate surface area is 313 Å². The van der Waals surface area contributed by atoms with Gasteiger partial charge in [-0.05, 0) is 96.6 Å². The van der Waals surface area contributed by atoms with E-state index in [1.807, 2.05) is 20.8 Å². The van der Waals surface area contributed by atoms with Gasteiger partial charge in [-0.3, -0.25) is 9.59 Å². The van der Waals surface area contributed by atoms with Crippen molar-refractivity contribution in [1.82, 2.24) is 0 Å². The molecule has 0 bridgehead atoms. The highest BCUT2D eigenvalue weighted by Crippen LogP contribution is 2.37. The third-order valence-electron chi connectivity index (χ3n) is 7.40. The third kappa shape index (κ3) is 51.7. The predicted octanol–water partition coefficient (Wildman–Crippen LogP) is 12.1. The molecule has 0 heterocycles. The lowest BCUT2D eigenvalue weighted by molar-refractivity contribution is -0.147. The van der Waals surface area contributed by atoms with Crippen LogP contribution in [-0.4, -0.2) is 74.4 Å². The summed E-state index contributed by atoms with van der Waals surface area (Å²) in [6.07, 6.45) is 3.30. The molecule has 0 aromatic heterocycles. The maximum absolute atomic E-state index is 11.0. The van der Waals surface area contributed by atoms with E-state index in [0.717, 1.165) is 18.8 Å². The van der Waals surface area contributed by atoms with Crippen molar-refractivity contribution in [3.05, 3.63) is 0 Å². The minimum Gasteiger partial charge on any atom is -0.463 e. The van der Waals surface area contributed by atoms with Crippen LogP contribution in [0.1, 0.15) is 173 Å². The molecule has 0 radical (unpaired) electrons. The second kappa shape index (κ2) is 40.0. The first-order valence-corrected chi connectivity index (χ1v) is 22.4. The maximum atomic E-state index is 11.0. The lowest BCUT2D eigenvalue weighted by Gasteiger charge is -2.42. The van der Waals surface area contributed by atoms with Crippen molar-refractivity contribution in [2.24, 2.45) is 5.92 Å². The third-order valence-corrected chi connectivity index (χ3v) is 16.8. The van der Waals surface area contributed by atoms with Gasteiger partial charge in [-0.15, -0.1) is 0 Å². The molecule has 0 saturated heterocycles. The lowest BCUT2D eigenvalue weighted by atomic mass is 10.0. The molecular weight excluding hydrogens is 653 g/mol. The second-order valence-corrected chi connectivity index (χ2v) is 22.9. The minimum absolute atomic E-state index is 0. The van der Waals surface area contributed by atoms with E-state index in [1.54, 1.807) is 20.8 Å². The minimum atomic E-state index is -2.11. The molecule has 49 heavy (non-hydrogen) atoms. The zero-order valence-corrected chi connectivity index (χ0v) is 33.2. The number of aliphatic hydroxyl groups is 3. The molecule has 10 heteroatoms. The highest BCUT2D eigenvalue weighted by atomic mass is 28.4. The van der Waals surface area contributed by atoms with Gasteiger partial charge in [-0.1, -0.05) is 99.4 Å². The highest BCUT2D eigenvalue weighted by Gasteiger charge is 2.41. The largest absolute Gasteiger partial charge is 0.463 e. The van der Waals surface area contributed by atoms with Crippen LogP contribution in [0.3, 0.4) is 0 Å². The number of esters is 2. The predicted molar refractivity (Wildman–Crippen MR) is 227 cm³/mol. The summed E-state index contributed by atoms with van der Waals surface area (Å²) in [4.78, 5) is 21.2. The van der Waals surface area contributed by atoms with E-state index in [-0.39, 0.29) is 80.4 Å². The van der Waals surface area contributed by atoms with Gasteiger partial charge in [-0.2, -0.15) is 0 Å². The van der Waals surface area contributed by atoms with Crippen molar-refractivity contribution >= 4 is 28.6 Å². The Morgan fingerprint density at radius 2 is 0.898 bits per heavy atom. The van der Waals surface area contributed by atoms with E-state index >= 15 is 0 Å². The van der Waals surface area contributed by atoms with Crippen LogP contribution < -0.4 is 0 Å². The monoisotopic (exact) mass is 751 g/mol. The number of aliphatic hydroxyl groups excluding tert-OH is 3. The summed E-state index contributed by atoms with van der Waals surface area (Å²) in [6, 6.07) is 0. The Hall–Kier alpha value is -0.786. The summed E-state index contributed by atoms with van der Waals surface area (Å²) < 4.78 is 16.6. The fraction of sp³-hybridized carbons (Fsp3) is 0.949. The van der Waals surface area contributed by atoms with Crippen LogP contribution in [0.15, 0.2) is 0 Å². The fourth-order valence-corrected chi connectivity index (χ4v) is 12.2. The van der Waals surface area contributed by atoms with E-state index in [4.69, 9.17) is 18.7 Å². The number of ether oxygens (including phenoxy) is 2. The lowest BCUT2D eigenvalue weighted by Crippen LogP contribution is -2.50. The molecule has 8 nitrogen and oxygen atoms in total. The quantitative estimate of drug-likeness (QED) is 0.112. The van der Waals surface area contributed by atoms with Crippen LogP contribution in [0.25, 0.3) is 0 Å². The molecule has 0 aliphatic heterocycles. The molecule has 6 unspecified atom stereocenters. The molecule has 0 saturated carbocycles. The molecule has 0 fully saturated rings. The Kier molecular flexibility index (Phi) is 60.1. The zero-order valence-electron chi connectivity index (χ0n) is 31.2. The average molecular weight is 751 g/mol. The summed E-state index contributed by atoms with van der Waals surface area (Å²) in [5.41, 5.74) is 0.665. The molecule has 0 amide bonds. The summed E-state index contributed by atoms with van der Waals surface area (Å²) in [5, 5.41) is 28.8. The van der Waals surface area contributed by atoms with Gasteiger partial charge in [0, 0.05) is 20.3 Å².